The van der Waals surface area contributed by atoms with Crippen molar-refractivity contribution in [3.05, 3.63) is 18.2 Å². The highest BCUT2D eigenvalue weighted by Crippen LogP contribution is 2.01. The molecular weight excluding hydrogens is 424 g/mol. The van der Waals surface area contributed by atoms with Gasteiger partial charge in [0, 0.05) is 29.8 Å². The Morgan fingerprint density at radius 2 is 1.62 bits per heavy atom. The molecule has 8 N–H and O–H groups in total. The van der Waals surface area contributed by atoms with E-state index in [0.29, 0.717) is 5.69 Å². The molecule has 12 nitrogen and oxygen atoms in total. The van der Waals surface area contributed by atoms with Gasteiger partial charge in [-0.25, -0.2) is 9.78 Å². The summed E-state index contributed by atoms with van der Waals surface area (Å²) in [5, 5.41) is 25.3. The van der Waals surface area contributed by atoms with Crippen LogP contribution in [0.2, 0.25) is 0 Å². The lowest BCUT2D eigenvalue weighted by atomic mass is 10.1. The maximum Gasteiger partial charge on any atom is 0.327 e. The third-order valence-corrected chi connectivity index (χ3v) is 4.52. The number of nitrogens with zero attached hydrogens (tertiary/aromatic N) is 1. The number of carboxylic acids is 1. The Balaban J connectivity index is 2.88. The Bertz CT molecular complexity index is 703. The monoisotopic (exact) mass is 448 g/mol. The minimum Gasteiger partial charge on any atom is -0.480 e. The fourth-order valence-corrected chi connectivity index (χ4v) is 2.52. The molecule has 0 aliphatic carbocycles. The molecule has 4 atom stereocenters. The first-order valence-electron chi connectivity index (χ1n) is 8.42. The first-order chi connectivity index (χ1) is 13.7. The van der Waals surface area contributed by atoms with E-state index in [1.807, 2.05) is 0 Å². The molecule has 14 heteroatoms. The van der Waals surface area contributed by atoms with Crippen LogP contribution < -0.4 is 21.7 Å². The van der Waals surface area contributed by atoms with E-state index >= 15 is 0 Å². The molecule has 162 valence electrons. The maximum atomic E-state index is 12.6. The van der Waals surface area contributed by atoms with Crippen molar-refractivity contribution in [2.45, 2.75) is 30.6 Å². The quantitative estimate of drug-likeness (QED) is 0.148. The van der Waals surface area contributed by atoms with Gasteiger partial charge in [-0.3, -0.25) is 14.4 Å². The number of hydrogen-bond donors (Lipinski definition) is 9. The molecule has 4 unspecified atom stereocenters. The number of nitrogens with one attached hydrogen (secondary N) is 4. The van der Waals surface area contributed by atoms with Gasteiger partial charge in [0.05, 0.1) is 19.0 Å². The van der Waals surface area contributed by atoms with E-state index in [2.05, 4.69) is 51.2 Å². The van der Waals surface area contributed by atoms with Crippen LogP contribution in [0.5, 0.6) is 0 Å². The number of imidazole rings is 1. The van der Waals surface area contributed by atoms with Crippen molar-refractivity contribution >= 4 is 48.9 Å². The fraction of sp³-hybridized carbons (Fsp3) is 0.533. The Hall–Kier alpha value is -2.29. The van der Waals surface area contributed by atoms with Gasteiger partial charge in [-0.1, -0.05) is 0 Å². The summed E-state index contributed by atoms with van der Waals surface area (Å²) in [5.74, 6) is -3.79. The summed E-state index contributed by atoms with van der Waals surface area (Å²) < 4.78 is 0. The van der Waals surface area contributed by atoms with E-state index in [1.54, 1.807) is 0 Å². The van der Waals surface area contributed by atoms with Crippen LogP contribution in [0.15, 0.2) is 12.5 Å². The average molecular weight is 449 g/mol. The summed E-state index contributed by atoms with van der Waals surface area (Å²) in [5.41, 5.74) is 6.13. The summed E-state index contributed by atoms with van der Waals surface area (Å²) >= 11 is 7.76. The number of carboxylic acid groups (broad SMARTS) is 1. The Morgan fingerprint density at radius 1 is 1.03 bits per heavy atom. The third-order valence-electron chi connectivity index (χ3n) is 3.76. The number of thiol groups is 2. The van der Waals surface area contributed by atoms with Crippen molar-refractivity contribution in [2.24, 2.45) is 5.73 Å². The van der Waals surface area contributed by atoms with E-state index in [1.165, 1.54) is 12.5 Å². The predicted octanol–water partition coefficient (Wildman–Crippen LogP) is -3.33. The van der Waals surface area contributed by atoms with E-state index in [4.69, 9.17) is 10.8 Å². The van der Waals surface area contributed by atoms with Gasteiger partial charge in [0.15, 0.2) is 0 Å². The molecule has 0 radical (unpaired) electrons. The Kier molecular flexibility index (Phi) is 10.5. The van der Waals surface area contributed by atoms with Crippen molar-refractivity contribution in [1.82, 2.24) is 25.9 Å². The largest absolute Gasteiger partial charge is 0.480 e. The molecule has 1 aromatic rings. The smallest absolute Gasteiger partial charge is 0.327 e. The maximum absolute atomic E-state index is 12.6. The molecule has 0 bridgehead atoms. The number of hydrogen-bond acceptors (Lipinski definition) is 9. The second kappa shape index (κ2) is 12.3. The number of nitrogens with two attached hydrogens (primary N) is 1. The zero-order valence-electron chi connectivity index (χ0n) is 15.2. The molecular formula is C15H24N6O6S2. The van der Waals surface area contributed by atoms with Crippen LogP contribution in [0.4, 0.5) is 0 Å². The second-order valence-electron chi connectivity index (χ2n) is 5.96. The van der Waals surface area contributed by atoms with Gasteiger partial charge in [-0.15, -0.1) is 0 Å². The molecule has 0 aliphatic rings. The number of aromatic nitrogens is 2. The summed E-state index contributed by atoms with van der Waals surface area (Å²) in [7, 11) is 0. The molecule has 1 aromatic heterocycles. The second-order valence-corrected chi connectivity index (χ2v) is 6.69. The van der Waals surface area contributed by atoms with Gasteiger partial charge in [0.25, 0.3) is 0 Å². The number of aliphatic hydroxyl groups excluding tert-OH is 1. The van der Waals surface area contributed by atoms with Crippen LogP contribution in [0.25, 0.3) is 0 Å². The van der Waals surface area contributed by atoms with Crippen LogP contribution in [0, 0.1) is 0 Å². The number of aliphatic carboxylic acids is 1. The van der Waals surface area contributed by atoms with Crippen molar-refractivity contribution < 1.29 is 29.4 Å². The normalized spacial score (nSPS) is 14.9. The Morgan fingerprint density at radius 3 is 2.10 bits per heavy atom. The zero-order valence-corrected chi connectivity index (χ0v) is 17.0. The molecule has 0 aliphatic heterocycles. The highest BCUT2D eigenvalue weighted by atomic mass is 32.1. The topological polar surface area (TPSA) is 200 Å². The number of carbonyl (C=O) groups excluding carboxylic acids is 3. The van der Waals surface area contributed by atoms with Crippen LogP contribution in [-0.2, 0) is 25.6 Å². The van der Waals surface area contributed by atoms with Gasteiger partial charge in [0.1, 0.15) is 18.1 Å². The molecule has 0 aromatic carbocycles. The number of amides is 3. The molecule has 29 heavy (non-hydrogen) atoms. The summed E-state index contributed by atoms with van der Waals surface area (Å²) in [6.07, 6.45) is 2.84. The molecule has 0 saturated heterocycles. The van der Waals surface area contributed by atoms with Crippen molar-refractivity contribution in [2.75, 3.05) is 18.1 Å². The predicted molar refractivity (Wildman–Crippen MR) is 108 cm³/mol. The van der Waals surface area contributed by atoms with Crippen LogP contribution in [0.1, 0.15) is 5.69 Å². The summed E-state index contributed by atoms with van der Waals surface area (Å²) in [6.45, 7) is -0.794. The number of aromatic amines is 1. The van der Waals surface area contributed by atoms with Crippen LogP contribution in [0.3, 0.4) is 0 Å². The SMILES string of the molecule is NC(CS)C(=O)NC(Cc1cnc[nH]1)C(=O)NC(CO)C(=O)NC(CS)C(=O)O. The van der Waals surface area contributed by atoms with E-state index in [0.717, 1.165) is 0 Å². The molecule has 3 amide bonds. The fourth-order valence-electron chi connectivity index (χ4n) is 2.11. The van der Waals surface area contributed by atoms with Crippen molar-refractivity contribution in [1.29, 1.82) is 0 Å². The number of H-pyrrole nitrogens is 1. The molecule has 0 saturated carbocycles. The van der Waals surface area contributed by atoms with E-state index in [9.17, 15) is 24.3 Å². The number of aliphatic hydroxyl groups is 1. The van der Waals surface area contributed by atoms with Crippen LogP contribution in [-0.4, -0.2) is 86.2 Å². The van der Waals surface area contributed by atoms with Gasteiger partial charge >= 0.3 is 5.97 Å². The molecule has 1 heterocycles. The Labute approximate surface area is 177 Å². The van der Waals surface area contributed by atoms with Gasteiger partial charge in [-0.2, -0.15) is 25.3 Å². The van der Waals surface area contributed by atoms with E-state index in [-0.39, 0.29) is 17.9 Å². The first kappa shape index (κ1) is 24.7. The van der Waals surface area contributed by atoms with Crippen LogP contribution >= 0.6 is 25.3 Å². The lowest BCUT2D eigenvalue weighted by Gasteiger charge is -2.23. The lowest BCUT2D eigenvalue weighted by molar-refractivity contribution is -0.141. The summed E-state index contributed by atoms with van der Waals surface area (Å²) in [6, 6.07) is -4.84. The lowest BCUT2D eigenvalue weighted by Crippen LogP contribution is -2.58. The van der Waals surface area contributed by atoms with Gasteiger partial charge in [0.2, 0.25) is 17.7 Å². The van der Waals surface area contributed by atoms with Gasteiger partial charge < -0.3 is 36.9 Å². The highest BCUT2D eigenvalue weighted by molar-refractivity contribution is 7.80. The molecule has 0 fully saturated rings. The molecule has 1 rings (SSSR count). The first-order valence-corrected chi connectivity index (χ1v) is 9.69. The van der Waals surface area contributed by atoms with Crippen molar-refractivity contribution in [3.8, 4) is 0 Å². The third kappa shape index (κ3) is 7.92. The zero-order chi connectivity index (χ0) is 22.0. The highest BCUT2D eigenvalue weighted by Gasteiger charge is 2.29. The van der Waals surface area contributed by atoms with Gasteiger partial charge in [-0.05, 0) is 0 Å². The minimum atomic E-state index is -1.44. The number of carbonyl (C=O) groups is 4. The number of rotatable bonds is 12. The van der Waals surface area contributed by atoms with E-state index < -0.39 is 54.5 Å². The van der Waals surface area contributed by atoms with Crippen molar-refractivity contribution in [3.63, 3.8) is 0 Å². The minimum absolute atomic E-state index is 0.00498. The standard InChI is InChI=1S/C15H24N6O6S2/c16-8(4-28)12(23)19-9(1-7-2-17-6-18-7)13(24)20-10(3-22)14(25)21-11(5-29)15(26)27/h2,6,8-11,22,28-29H,1,3-5,16H2,(H,17,18)(H,19,23)(H,20,24)(H,21,25)(H,26,27). The summed E-state index contributed by atoms with van der Waals surface area (Å²) in [4.78, 5) is 54.5. The average Bonchev–Trinajstić information content (AvgIpc) is 3.21. The molecule has 0 spiro atoms.